The predicted molar refractivity (Wildman–Crippen MR) is 93.6 cm³/mol. The monoisotopic (exact) mass is 327 g/mol. The van der Waals surface area contributed by atoms with E-state index in [9.17, 15) is 4.79 Å². The molecule has 0 saturated carbocycles. The Bertz CT molecular complexity index is 738. The van der Waals surface area contributed by atoms with Crippen LogP contribution in [0.5, 0.6) is 0 Å². The van der Waals surface area contributed by atoms with Crippen LogP contribution in [0.1, 0.15) is 16.8 Å². The van der Waals surface area contributed by atoms with Gasteiger partial charge in [-0.2, -0.15) is 16.9 Å². The van der Waals surface area contributed by atoms with Gasteiger partial charge in [0.15, 0.2) is 0 Å². The molecule has 0 aliphatic carbocycles. The zero-order valence-corrected chi connectivity index (χ0v) is 14.0. The molecule has 0 unspecified atom stereocenters. The fourth-order valence-corrected chi connectivity index (χ4v) is 4.34. The van der Waals surface area contributed by atoms with Crippen LogP contribution < -0.4 is 5.56 Å². The van der Waals surface area contributed by atoms with Crippen molar-refractivity contribution in [3.63, 3.8) is 0 Å². The van der Waals surface area contributed by atoms with Crippen molar-refractivity contribution in [1.29, 1.82) is 0 Å². The maximum Gasteiger partial charge on any atom is 0.267 e. The number of benzene rings is 1. The van der Waals surface area contributed by atoms with Gasteiger partial charge < -0.3 is 0 Å². The van der Waals surface area contributed by atoms with Gasteiger partial charge in [-0.05, 0) is 16.9 Å². The highest BCUT2D eigenvalue weighted by molar-refractivity contribution is 7.98. The Balaban J connectivity index is 1.36. The van der Waals surface area contributed by atoms with Crippen LogP contribution in [-0.4, -0.2) is 33.5 Å². The second kappa shape index (κ2) is 6.49. The SMILES string of the molecule is O=c1cc2c(nn1CC1CN(Cc3ccccc3)C1)CCSC2. The van der Waals surface area contributed by atoms with Gasteiger partial charge in [0, 0.05) is 43.8 Å². The molecule has 5 heteroatoms. The van der Waals surface area contributed by atoms with Gasteiger partial charge in [-0.25, -0.2) is 4.68 Å². The molecule has 1 aromatic heterocycles. The van der Waals surface area contributed by atoms with Crippen molar-refractivity contribution in [1.82, 2.24) is 14.7 Å². The third-order valence-electron chi connectivity index (χ3n) is 4.62. The van der Waals surface area contributed by atoms with E-state index >= 15 is 0 Å². The molecule has 0 spiro atoms. The summed E-state index contributed by atoms with van der Waals surface area (Å²) in [6, 6.07) is 12.4. The summed E-state index contributed by atoms with van der Waals surface area (Å²) < 4.78 is 1.69. The number of thioether (sulfide) groups is 1. The van der Waals surface area contributed by atoms with Crippen LogP contribution in [0.25, 0.3) is 0 Å². The summed E-state index contributed by atoms with van der Waals surface area (Å²) in [6.45, 7) is 3.86. The highest BCUT2D eigenvalue weighted by Crippen LogP contribution is 2.22. The fraction of sp³-hybridized carbons (Fsp3) is 0.444. The van der Waals surface area contributed by atoms with Gasteiger partial charge in [-0.1, -0.05) is 30.3 Å². The van der Waals surface area contributed by atoms with E-state index in [4.69, 9.17) is 0 Å². The van der Waals surface area contributed by atoms with Gasteiger partial charge in [0.2, 0.25) is 0 Å². The van der Waals surface area contributed by atoms with Gasteiger partial charge in [-0.3, -0.25) is 9.69 Å². The third kappa shape index (κ3) is 3.35. The summed E-state index contributed by atoms with van der Waals surface area (Å²) in [7, 11) is 0. The molecule has 2 aliphatic rings. The van der Waals surface area contributed by atoms with Gasteiger partial charge in [0.1, 0.15) is 0 Å². The first kappa shape index (κ1) is 15.0. The average Bonchev–Trinajstić information content (AvgIpc) is 2.54. The van der Waals surface area contributed by atoms with E-state index in [0.29, 0.717) is 5.92 Å². The van der Waals surface area contributed by atoms with Crippen molar-refractivity contribution in [3.8, 4) is 0 Å². The number of nitrogens with zero attached hydrogens (tertiary/aromatic N) is 3. The average molecular weight is 327 g/mol. The molecule has 23 heavy (non-hydrogen) atoms. The standard InChI is InChI=1S/C18H21N3OS/c22-18-8-16-13-23-7-6-17(16)19-21(18)12-15-10-20(11-15)9-14-4-2-1-3-5-14/h1-5,8,15H,6-7,9-13H2. The lowest BCUT2D eigenvalue weighted by Crippen LogP contribution is -2.49. The van der Waals surface area contributed by atoms with Crippen LogP contribution in [-0.2, 0) is 25.3 Å². The Morgan fingerprint density at radius 3 is 2.87 bits per heavy atom. The number of aryl methyl sites for hydroxylation is 1. The minimum absolute atomic E-state index is 0.0627. The van der Waals surface area contributed by atoms with Gasteiger partial charge >= 0.3 is 0 Å². The second-order valence-corrected chi connectivity index (χ2v) is 7.59. The normalized spacial score (nSPS) is 18.4. The quantitative estimate of drug-likeness (QED) is 0.863. The van der Waals surface area contributed by atoms with Crippen LogP contribution in [0.2, 0.25) is 0 Å². The number of rotatable bonds is 4. The molecule has 1 aromatic carbocycles. The third-order valence-corrected chi connectivity index (χ3v) is 5.63. The molecule has 4 rings (SSSR count). The summed E-state index contributed by atoms with van der Waals surface area (Å²) >= 11 is 1.89. The zero-order valence-electron chi connectivity index (χ0n) is 13.1. The number of likely N-dealkylation sites (tertiary alicyclic amines) is 1. The van der Waals surface area contributed by atoms with Crippen molar-refractivity contribution in [2.75, 3.05) is 18.8 Å². The van der Waals surface area contributed by atoms with E-state index in [2.05, 4.69) is 40.3 Å². The van der Waals surface area contributed by atoms with E-state index < -0.39 is 0 Å². The van der Waals surface area contributed by atoms with E-state index in [-0.39, 0.29) is 5.56 Å². The van der Waals surface area contributed by atoms with Crippen LogP contribution in [0.15, 0.2) is 41.2 Å². The minimum Gasteiger partial charge on any atom is -0.298 e. The predicted octanol–water partition coefficient (Wildman–Crippen LogP) is 2.16. The first-order chi connectivity index (χ1) is 11.3. The van der Waals surface area contributed by atoms with Gasteiger partial charge in [-0.15, -0.1) is 0 Å². The number of hydrogen-bond acceptors (Lipinski definition) is 4. The molecule has 2 aliphatic heterocycles. The van der Waals surface area contributed by atoms with Crippen molar-refractivity contribution in [2.45, 2.75) is 25.3 Å². The molecule has 0 N–H and O–H groups in total. The number of fused-ring (bicyclic) bond motifs is 1. The molecule has 1 fully saturated rings. The molecule has 0 amide bonds. The van der Waals surface area contributed by atoms with Crippen molar-refractivity contribution < 1.29 is 0 Å². The minimum atomic E-state index is 0.0627. The second-order valence-electron chi connectivity index (χ2n) is 6.48. The summed E-state index contributed by atoms with van der Waals surface area (Å²) in [5.41, 5.74) is 3.69. The lowest BCUT2D eigenvalue weighted by molar-refractivity contribution is 0.0765. The largest absolute Gasteiger partial charge is 0.298 e. The van der Waals surface area contributed by atoms with Crippen molar-refractivity contribution in [2.24, 2.45) is 5.92 Å². The first-order valence-electron chi connectivity index (χ1n) is 8.22. The van der Waals surface area contributed by atoms with Crippen LogP contribution in [0.3, 0.4) is 0 Å². The van der Waals surface area contributed by atoms with Crippen molar-refractivity contribution in [3.05, 3.63) is 63.6 Å². The summed E-state index contributed by atoms with van der Waals surface area (Å²) in [5, 5.41) is 4.62. The summed E-state index contributed by atoms with van der Waals surface area (Å²) in [5.74, 6) is 2.60. The molecule has 0 atom stereocenters. The maximum absolute atomic E-state index is 12.2. The maximum atomic E-state index is 12.2. The van der Waals surface area contributed by atoms with Crippen LogP contribution in [0.4, 0.5) is 0 Å². The number of hydrogen-bond donors (Lipinski definition) is 0. The molecular weight excluding hydrogens is 306 g/mol. The smallest absolute Gasteiger partial charge is 0.267 e. The van der Waals surface area contributed by atoms with E-state index in [0.717, 1.165) is 55.4 Å². The fourth-order valence-electron chi connectivity index (χ4n) is 3.39. The first-order valence-corrected chi connectivity index (χ1v) is 9.37. The molecule has 4 nitrogen and oxygen atoms in total. The van der Waals surface area contributed by atoms with E-state index in [1.54, 1.807) is 10.7 Å². The molecule has 120 valence electrons. The topological polar surface area (TPSA) is 38.1 Å². The van der Waals surface area contributed by atoms with Gasteiger partial charge in [0.25, 0.3) is 5.56 Å². The summed E-state index contributed by atoms with van der Waals surface area (Å²) in [4.78, 5) is 14.6. The molecule has 1 saturated heterocycles. The Morgan fingerprint density at radius 1 is 1.22 bits per heavy atom. The Labute approximate surface area is 140 Å². The highest BCUT2D eigenvalue weighted by atomic mass is 32.2. The zero-order chi connectivity index (χ0) is 15.6. The molecule has 2 aromatic rings. The Kier molecular flexibility index (Phi) is 4.23. The molecular formula is C18H21N3OS. The Morgan fingerprint density at radius 2 is 2.04 bits per heavy atom. The van der Waals surface area contributed by atoms with E-state index in [1.807, 2.05) is 11.8 Å². The van der Waals surface area contributed by atoms with Crippen molar-refractivity contribution >= 4 is 11.8 Å². The van der Waals surface area contributed by atoms with E-state index in [1.165, 1.54) is 5.56 Å². The molecule has 3 heterocycles. The Hall–Kier alpha value is -1.59. The van der Waals surface area contributed by atoms with Crippen LogP contribution >= 0.6 is 11.8 Å². The van der Waals surface area contributed by atoms with Gasteiger partial charge in [0.05, 0.1) is 12.2 Å². The molecule has 0 bridgehead atoms. The lowest BCUT2D eigenvalue weighted by Gasteiger charge is -2.39. The number of aromatic nitrogens is 2. The molecule has 0 radical (unpaired) electrons. The van der Waals surface area contributed by atoms with Crippen LogP contribution in [0, 0.1) is 5.92 Å². The highest BCUT2D eigenvalue weighted by Gasteiger charge is 2.27. The summed E-state index contributed by atoms with van der Waals surface area (Å²) in [6.07, 6.45) is 0.991. The lowest BCUT2D eigenvalue weighted by atomic mass is 9.99.